The lowest BCUT2D eigenvalue weighted by atomic mass is 9.99. The molecule has 1 rings (SSSR count). The van der Waals surface area contributed by atoms with E-state index < -0.39 is 0 Å². The molecule has 80 valence electrons. The Labute approximate surface area is 86.7 Å². The molecule has 1 unspecified atom stereocenters. The zero-order valence-electron chi connectivity index (χ0n) is 9.42. The molecule has 0 aliphatic carbocycles. The van der Waals surface area contributed by atoms with Crippen LogP contribution in [0.2, 0.25) is 0 Å². The van der Waals surface area contributed by atoms with E-state index in [-0.39, 0.29) is 0 Å². The van der Waals surface area contributed by atoms with E-state index in [4.69, 9.17) is 4.42 Å². The topological polar surface area (TPSA) is 25.2 Å². The normalized spacial score (nSPS) is 13.4. The molecule has 0 saturated carbocycles. The van der Waals surface area contributed by atoms with Crippen molar-refractivity contribution in [3.05, 3.63) is 24.2 Å². The molecule has 1 aromatic rings. The third-order valence-corrected chi connectivity index (χ3v) is 2.43. The van der Waals surface area contributed by atoms with Crippen molar-refractivity contribution in [3.8, 4) is 0 Å². The van der Waals surface area contributed by atoms with Crippen molar-refractivity contribution in [2.75, 3.05) is 6.54 Å². The van der Waals surface area contributed by atoms with Crippen molar-refractivity contribution in [1.29, 1.82) is 0 Å². The summed E-state index contributed by atoms with van der Waals surface area (Å²) < 4.78 is 5.11. The molecule has 0 radical (unpaired) electrons. The van der Waals surface area contributed by atoms with Crippen LogP contribution in [-0.4, -0.2) is 6.54 Å². The molecule has 0 aromatic carbocycles. The molecular formula is C12H21NO. The van der Waals surface area contributed by atoms with E-state index in [0.29, 0.717) is 6.04 Å². The van der Waals surface area contributed by atoms with Gasteiger partial charge in [0, 0.05) is 11.6 Å². The predicted octanol–water partition coefficient (Wildman–Crippen LogP) is 3.37. The van der Waals surface area contributed by atoms with Crippen molar-refractivity contribution in [1.82, 2.24) is 5.32 Å². The average molecular weight is 195 g/mol. The highest BCUT2D eigenvalue weighted by Gasteiger charge is 2.11. The van der Waals surface area contributed by atoms with Gasteiger partial charge in [-0.05, 0) is 31.4 Å². The van der Waals surface area contributed by atoms with Crippen molar-refractivity contribution >= 4 is 0 Å². The molecule has 0 amide bonds. The summed E-state index contributed by atoms with van der Waals surface area (Å²) in [6.45, 7) is 7.67. The molecule has 0 spiro atoms. The fourth-order valence-electron chi connectivity index (χ4n) is 1.61. The second-order valence-corrected chi connectivity index (χ2v) is 4.14. The van der Waals surface area contributed by atoms with Gasteiger partial charge in [0.2, 0.25) is 0 Å². The Balaban J connectivity index is 2.47. The van der Waals surface area contributed by atoms with Crippen LogP contribution in [0.15, 0.2) is 23.0 Å². The van der Waals surface area contributed by atoms with Crippen molar-refractivity contribution in [2.45, 2.75) is 39.7 Å². The molecule has 14 heavy (non-hydrogen) atoms. The summed E-state index contributed by atoms with van der Waals surface area (Å²) in [4.78, 5) is 0. The summed E-state index contributed by atoms with van der Waals surface area (Å²) in [6, 6.07) is 2.51. The van der Waals surface area contributed by atoms with Gasteiger partial charge < -0.3 is 9.73 Å². The molecule has 0 saturated heterocycles. The molecule has 0 bridgehead atoms. The minimum Gasteiger partial charge on any atom is -0.472 e. The third-order valence-electron chi connectivity index (χ3n) is 2.43. The molecule has 2 heteroatoms. The molecule has 0 fully saturated rings. The van der Waals surface area contributed by atoms with Crippen LogP contribution >= 0.6 is 0 Å². The Morgan fingerprint density at radius 3 is 2.64 bits per heavy atom. The standard InChI is InChI=1S/C12H21NO/c1-4-13-12(6-5-10(2)3)11-7-8-14-9-11/h7-10,12-13H,4-6H2,1-3H3. The van der Waals surface area contributed by atoms with Gasteiger partial charge in [0.05, 0.1) is 12.5 Å². The molecule has 0 aliphatic heterocycles. The Morgan fingerprint density at radius 2 is 2.14 bits per heavy atom. The zero-order valence-corrected chi connectivity index (χ0v) is 9.42. The fourth-order valence-corrected chi connectivity index (χ4v) is 1.61. The van der Waals surface area contributed by atoms with E-state index >= 15 is 0 Å². The minimum atomic E-state index is 0.459. The quantitative estimate of drug-likeness (QED) is 0.753. The lowest BCUT2D eigenvalue weighted by molar-refractivity contribution is 0.444. The van der Waals surface area contributed by atoms with E-state index in [0.717, 1.165) is 12.5 Å². The first-order valence-corrected chi connectivity index (χ1v) is 5.49. The molecule has 0 aliphatic rings. The summed E-state index contributed by atoms with van der Waals surface area (Å²) in [6.07, 6.45) is 6.02. The van der Waals surface area contributed by atoms with Crippen LogP contribution in [0.5, 0.6) is 0 Å². The van der Waals surface area contributed by atoms with Crippen LogP contribution in [0, 0.1) is 5.92 Å². The maximum Gasteiger partial charge on any atom is 0.0950 e. The molecule has 1 heterocycles. The molecule has 1 aromatic heterocycles. The summed E-state index contributed by atoms with van der Waals surface area (Å²) in [7, 11) is 0. The van der Waals surface area contributed by atoms with Gasteiger partial charge in [0.25, 0.3) is 0 Å². The maximum absolute atomic E-state index is 5.11. The van der Waals surface area contributed by atoms with Crippen molar-refractivity contribution < 1.29 is 4.42 Å². The van der Waals surface area contributed by atoms with Gasteiger partial charge in [0.1, 0.15) is 0 Å². The van der Waals surface area contributed by atoms with Crippen LogP contribution in [0.1, 0.15) is 45.2 Å². The summed E-state index contributed by atoms with van der Waals surface area (Å²) in [5, 5.41) is 3.48. The number of furan rings is 1. The smallest absolute Gasteiger partial charge is 0.0950 e. The van der Waals surface area contributed by atoms with Crippen LogP contribution < -0.4 is 5.32 Å². The van der Waals surface area contributed by atoms with Crippen LogP contribution in [0.3, 0.4) is 0 Å². The summed E-state index contributed by atoms with van der Waals surface area (Å²) in [5.41, 5.74) is 1.27. The number of rotatable bonds is 6. The number of hydrogen-bond donors (Lipinski definition) is 1. The summed E-state index contributed by atoms with van der Waals surface area (Å²) in [5.74, 6) is 0.767. The second kappa shape index (κ2) is 5.86. The third kappa shape index (κ3) is 3.54. The largest absolute Gasteiger partial charge is 0.472 e. The fraction of sp³-hybridized carbons (Fsp3) is 0.667. The van der Waals surface area contributed by atoms with Gasteiger partial charge in [0.15, 0.2) is 0 Å². The van der Waals surface area contributed by atoms with Crippen LogP contribution in [0.4, 0.5) is 0 Å². The number of nitrogens with one attached hydrogen (secondary N) is 1. The minimum absolute atomic E-state index is 0.459. The van der Waals surface area contributed by atoms with Gasteiger partial charge in [-0.25, -0.2) is 0 Å². The van der Waals surface area contributed by atoms with Gasteiger partial charge in [-0.15, -0.1) is 0 Å². The Kier molecular flexibility index (Phi) is 4.74. The number of hydrogen-bond acceptors (Lipinski definition) is 2. The van der Waals surface area contributed by atoms with Crippen LogP contribution in [-0.2, 0) is 0 Å². The lowest BCUT2D eigenvalue weighted by Gasteiger charge is -2.17. The highest BCUT2D eigenvalue weighted by molar-refractivity contribution is 5.11. The van der Waals surface area contributed by atoms with Crippen molar-refractivity contribution in [3.63, 3.8) is 0 Å². The van der Waals surface area contributed by atoms with Gasteiger partial charge >= 0.3 is 0 Å². The molecule has 1 N–H and O–H groups in total. The van der Waals surface area contributed by atoms with Crippen molar-refractivity contribution in [2.24, 2.45) is 5.92 Å². The Hall–Kier alpha value is -0.760. The highest BCUT2D eigenvalue weighted by atomic mass is 16.3. The first-order valence-electron chi connectivity index (χ1n) is 5.49. The monoisotopic (exact) mass is 195 g/mol. The average Bonchev–Trinajstić information content (AvgIpc) is 2.64. The second-order valence-electron chi connectivity index (χ2n) is 4.14. The Bertz CT molecular complexity index is 228. The van der Waals surface area contributed by atoms with Gasteiger partial charge in [-0.3, -0.25) is 0 Å². The van der Waals surface area contributed by atoms with Gasteiger partial charge in [-0.1, -0.05) is 20.8 Å². The highest BCUT2D eigenvalue weighted by Crippen LogP contribution is 2.21. The summed E-state index contributed by atoms with van der Waals surface area (Å²) >= 11 is 0. The molecular weight excluding hydrogens is 174 g/mol. The van der Waals surface area contributed by atoms with E-state index in [1.807, 2.05) is 12.3 Å². The lowest BCUT2D eigenvalue weighted by Crippen LogP contribution is -2.20. The molecule has 2 nitrogen and oxygen atoms in total. The predicted molar refractivity (Wildman–Crippen MR) is 59.2 cm³/mol. The van der Waals surface area contributed by atoms with E-state index in [1.165, 1.54) is 18.4 Å². The first-order chi connectivity index (χ1) is 6.74. The Morgan fingerprint density at radius 1 is 1.36 bits per heavy atom. The van der Waals surface area contributed by atoms with E-state index in [2.05, 4.69) is 26.1 Å². The first kappa shape index (κ1) is 11.3. The SMILES string of the molecule is CCNC(CCC(C)C)c1ccoc1. The maximum atomic E-state index is 5.11. The van der Waals surface area contributed by atoms with Crippen LogP contribution in [0.25, 0.3) is 0 Å². The zero-order chi connectivity index (χ0) is 10.4. The van der Waals surface area contributed by atoms with E-state index in [1.54, 1.807) is 6.26 Å². The van der Waals surface area contributed by atoms with E-state index in [9.17, 15) is 0 Å². The molecule has 1 atom stereocenters. The van der Waals surface area contributed by atoms with Gasteiger partial charge in [-0.2, -0.15) is 0 Å².